The maximum Gasteiger partial charge on any atom is 0.251 e. The van der Waals surface area contributed by atoms with Crippen molar-refractivity contribution >= 4 is 16.9 Å². The van der Waals surface area contributed by atoms with Crippen LogP contribution in [-0.4, -0.2) is 29.1 Å². The van der Waals surface area contributed by atoms with Crippen molar-refractivity contribution in [3.8, 4) is 5.75 Å². The van der Waals surface area contributed by atoms with Crippen LogP contribution in [0.4, 0.5) is 0 Å². The Morgan fingerprint density at radius 3 is 2.88 bits per heavy atom. The molecule has 1 saturated carbocycles. The minimum Gasteiger partial charge on any atom is -0.497 e. The maximum atomic E-state index is 12.5. The molecule has 0 aliphatic heterocycles. The van der Waals surface area contributed by atoms with Gasteiger partial charge in [0.1, 0.15) is 11.6 Å². The van der Waals surface area contributed by atoms with Crippen LogP contribution < -0.4 is 10.1 Å². The van der Waals surface area contributed by atoms with Gasteiger partial charge in [-0.2, -0.15) is 0 Å². The first-order valence-electron chi connectivity index (χ1n) is 9.03. The summed E-state index contributed by atoms with van der Waals surface area (Å²) in [6.07, 6.45) is 3.20. The normalized spacial score (nSPS) is 13.8. The highest BCUT2D eigenvalue weighted by atomic mass is 16.5. The molecule has 1 heterocycles. The molecule has 0 bridgehead atoms. The van der Waals surface area contributed by atoms with E-state index in [0.29, 0.717) is 18.0 Å². The lowest BCUT2D eigenvalue weighted by atomic mass is 10.1. The molecule has 5 nitrogen and oxygen atoms in total. The van der Waals surface area contributed by atoms with E-state index in [4.69, 9.17) is 9.72 Å². The lowest BCUT2D eigenvalue weighted by Gasteiger charge is -2.07. The molecule has 3 aromatic rings. The third-order valence-electron chi connectivity index (χ3n) is 4.95. The van der Waals surface area contributed by atoms with Crippen LogP contribution in [0.5, 0.6) is 5.75 Å². The van der Waals surface area contributed by atoms with E-state index < -0.39 is 0 Å². The summed E-state index contributed by atoms with van der Waals surface area (Å²) in [4.78, 5) is 17.2. The summed E-state index contributed by atoms with van der Waals surface area (Å²) >= 11 is 0. The van der Waals surface area contributed by atoms with E-state index in [1.807, 2.05) is 42.5 Å². The highest BCUT2D eigenvalue weighted by Gasteiger charge is 2.28. The minimum absolute atomic E-state index is 0.0616. The van der Waals surface area contributed by atoms with Crippen molar-refractivity contribution in [1.82, 2.24) is 14.9 Å². The number of hydrogen-bond donors (Lipinski definition) is 1. The number of aryl methyl sites for hydroxylation is 1. The van der Waals surface area contributed by atoms with E-state index >= 15 is 0 Å². The molecule has 0 saturated heterocycles. The third kappa shape index (κ3) is 3.29. The molecule has 1 aliphatic carbocycles. The van der Waals surface area contributed by atoms with E-state index in [9.17, 15) is 4.79 Å². The number of methoxy groups -OCH3 is 1. The molecular formula is C21H23N3O2. The zero-order valence-corrected chi connectivity index (χ0v) is 15.2. The Balaban J connectivity index is 1.42. The second-order valence-electron chi connectivity index (χ2n) is 6.86. The molecule has 0 spiro atoms. The largest absolute Gasteiger partial charge is 0.497 e. The SMILES string of the molecule is COc1cccc(CCNC(=O)c2ccc3c(c2)nc(C2CC2)n3C)c1. The highest BCUT2D eigenvalue weighted by molar-refractivity contribution is 5.97. The number of nitrogens with one attached hydrogen (secondary N) is 1. The molecule has 2 aromatic carbocycles. The van der Waals surface area contributed by atoms with Gasteiger partial charge in [-0.15, -0.1) is 0 Å². The lowest BCUT2D eigenvalue weighted by molar-refractivity contribution is 0.0954. The Hall–Kier alpha value is -2.82. The number of rotatable bonds is 6. The number of nitrogens with zero attached hydrogens (tertiary/aromatic N) is 2. The van der Waals surface area contributed by atoms with Gasteiger partial charge in [0.05, 0.1) is 18.1 Å². The zero-order chi connectivity index (χ0) is 18.1. The smallest absolute Gasteiger partial charge is 0.251 e. The van der Waals surface area contributed by atoms with Crippen molar-refractivity contribution in [1.29, 1.82) is 0 Å². The molecule has 4 rings (SSSR count). The average Bonchev–Trinajstić information content (AvgIpc) is 3.45. The molecule has 0 atom stereocenters. The van der Waals surface area contributed by atoms with Gasteiger partial charge in [0.25, 0.3) is 5.91 Å². The molecule has 1 aromatic heterocycles. The number of aromatic nitrogens is 2. The van der Waals surface area contributed by atoms with Gasteiger partial charge in [0.2, 0.25) is 0 Å². The van der Waals surface area contributed by atoms with Gasteiger partial charge >= 0.3 is 0 Å². The number of imidazole rings is 1. The topological polar surface area (TPSA) is 56.1 Å². The van der Waals surface area contributed by atoms with E-state index in [2.05, 4.69) is 16.9 Å². The first-order valence-corrected chi connectivity index (χ1v) is 9.03. The van der Waals surface area contributed by atoms with Crippen LogP contribution in [0.25, 0.3) is 11.0 Å². The summed E-state index contributed by atoms with van der Waals surface area (Å²) in [5.41, 5.74) is 3.78. The van der Waals surface area contributed by atoms with E-state index in [1.165, 1.54) is 12.8 Å². The second kappa shape index (κ2) is 6.83. The number of benzene rings is 2. The van der Waals surface area contributed by atoms with Crippen LogP contribution in [0, 0.1) is 0 Å². The van der Waals surface area contributed by atoms with Crippen molar-refractivity contribution < 1.29 is 9.53 Å². The van der Waals surface area contributed by atoms with Crippen LogP contribution in [-0.2, 0) is 13.5 Å². The van der Waals surface area contributed by atoms with E-state index in [1.54, 1.807) is 7.11 Å². The fraction of sp³-hybridized carbons (Fsp3) is 0.333. The van der Waals surface area contributed by atoms with Gasteiger partial charge in [0, 0.05) is 25.1 Å². The fourth-order valence-electron chi connectivity index (χ4n) is 3.32. The maximum absolute atomic E-state index is 12.5. The van der Waals surface area contributed by atoms with Crippen molar-refractivity contribution in [3.63, 3.8) is 0 Å². The van der Waals surface area contributed by atoms with Gasteiger partial charge in [-0.1, -0.05) is 12.1 Å². The van der Waals surface area contributed by atoms with E-state index in [0.717, 1.165) is 34.6 Å². The van der Waals surface area contributed by atoms with Gasteiger partial charge < -0.3 is 14.6 Å². The predicted molar refractivity (Wildman–Crippen MR) is 102 cm³/mol. The van der Waals surface area contributed by atoms with Crippen molar-refractivity contribution in [2.75, 3.05) is 13.7 Å². The van der Waals surface area contributed by atoms with Crippen molar-refractivity contribution in [3.05, 3.63) is 59.4 Å². The van der Waals surface area contributed by atoms with Gasteiger partial charge in [-0.3, -0.25) is 4.79 Å². The monoisotopic (exact) mass is 349 g/mol. The molecule has 0 unspecified atom stereocenters. The highest BCUT2D eigenvalue weighted by Crippen LogP contribution is 2.40. The number of fused-ring (bicyclic) bond motifs is 1. The first-order chi connectivity index (χ1) is 12.7. The summed E-state index contributed by atoms with van der Waals surface area (Å²) in [6, 6.07) is 13.7. The predicted octanol–water partition coefficient (Wildman–Crippen LogP) is 3.43. The quantitative estimate of drug-likeness (QED) is 0.742. The number of carbonyl (C=O) groups excluding carboxylic acids is 1. The minimum atomic E-state index is -0.0616. The molecule has 1 amide bonds. The summed E-state index contributed by atoms with van der Waals surface area (Å²) < 4.78 is 7.38. The molecule has 1 N–H and O–H groups in total. The van der Waals surface area contributed by atoms with Crippen LogP contribution in [0.15, 0.2) is 42.5 Å². The summed E-state index contributed by atoms with van der Waals surface area (Å²) in [7, 11) is 3.71. The Bertz CT molecular complexity index is 957. The summed E-state index contributed by atoms with van der Waals surface area (Å²) in [6.45, 7) is 0.583. The van der Waals surface area contributed by atoms with Crippen molar-refractivity contribution in [2.45, 2.75) is 25.2 Å². The Labute approximate surface area is 153 Å². The summed E-state index contributed by atoms with van der Waals surface area (Å²) in [5.74, 6) is 2.50. The van der Waals surface area contributed by atoms with Gasteiger partial charge in [-0.25, -0.2) is 4.98 Å². The Kier molecular flexibility index (Phi) is 4.37. The number of amides is 1. The van der Waals surface area contributed by atoms with E-state index in [-0.39, 0.29) is 5.91 Å². The third-order valence-corrected chi connectivity index (χ3v) is 4.95. The zero-order valence-electron chi connectivity index (χ0n) is 15.2. The van der Waals surface area contributed by atoms with Crippen LogP contribution >= 0.6 is 0 Å². The van der Waals surface area contributed by atoms with Gasteiger partial charge in [-0.05, 0) is 55.2 Å². The van der Waals surface area contributed by atoms with Crippen LogP contribution in [0.1, 0.15) is 40.5 Å². The molecule has 1 fully saturated rings. The number of ether oxygens (including phenoxy) is 1. The lowest BCUT2D eigenvalue weighted by Crippen LogP contribution is -2.25. The molecule has 1 aliphatic rings. The average molecular weight is 349 g/mol. The van der Waals surface area contributed by atoms with Crippen molar-refractivity contribution in [2.24, 2.45) is 7.05 Å². The second-order valence-corrected chi connectivity index (χ2v) is 6.86. The summed E-state index contributed by atoms with van der Waals surface area (Å²) in [5, 5.41) is 2.99. The Morgan fingerprint density at radius 1 is 1.27 bits per heavy atom. The fourth-order valence-corrected chi connectivity index (χ4v) is 3.32. The molecule has 0 radical (unpaired) electrons. The van der Waals surface area contributed by atoms with Crippen LogP contribution in [0.3, 0.4) is 0 Å². The Morgan fingerprint density at radius 2 is 2.12 bits per heavy atom. The molecule has 134 valence electrons. The number of hydrogen-bond acceptors (Lipinski definition) is 3. The molecular weight excluding hydrogens is 326 g/mol. The standard InChI is InChI=1S/C21H23N3O2/c1-24-19-9-8-16(13-18(19)23-20(24)15-6-7-15)21(25)22-11-10-14-4-3-5-17(12-14)26-2/h3-5,8-9,12-13,15H,6-7,10-11H2,1-2H3,(H,22,25). The number of carbonyl (C=O) groups is 1. The molecule has 5 heteroatoms. The van der Waals surface area contributed by atoms with Crippen LogP contribution in [0.2, 0.25) is 0 Å². The first kappa shape index (κ1) is 16.6. The molecule has 26 heavy (non-hydrogen) atoms. The van der Waals surface area contributed by atoms with Gasteiger partial charge in [0.15, 0.2) is 0 Å².